The second-order valence-corrected chi connectivity index (χ2v) is 3.75. The van der Waals surface area contributed by atoms with Crippen LogP contribution in [-0.2, 0) is 6.54 Å². The van der Waals surface area contributed by atoms with Crippen LogP contribution in [-0.4, -0.2) is 20.5 Å². The second kappa shape index (κ2) is 5.21. The number of benzene rings is 1. The number of Topliss-reactive ketones (excluding diaryl/α,β-unsaturated/α-hetero) is 1. The second-order valence-electron chi connectivity index (χ2n) is 3.75. The van der Waals surface area contributed by atoms with E-state index in [1.54, 1.807) is 0 Å². The van der Waals surface area contributed by atoms with E-state index in [0.29, 0.717) is 5.56 Å². The predicted octanol–water partition coefficient (Wildman–Crippen LogP) is 1.03. The molecule has 2 rings (SSSR count). The van der Waals surface area contributed by atoms with E-state index >= 15 is 0 Å². The molecule has 2 aromatic rings. The van der Waals surface area contributed by atoms with Crippen LogP contribution in [0.5, 0.6) is 0 Å². The average Bonchev–Trinajstić information content (AvgIpc) is 2.41. The topological polar surface area (TPSA) is 95.1 Å². The maximum Gasteiger partial charge on any atom is 0.269 e. The zero-order valence-electron chi connectivity index (χ0n) is 9.72. The van der Waals surface area contributed by atoms with Crippen molar-refractivity contribution in [1.29, 1.82) is 0 Å². The Morgan fingerprint density at radius 2 is 1.95 bits per heavy atom. The fourth-order valence-corrected chi connectivity index (χ4v) is 1.50. The highest BCUT2D eigenvalue weighted by Crippen LogP contribution is 2.12. The van der Waals surface area contributed by atoms with Gasteiger partial charge >= 0.3 is 0 Å². The summed E-state index contributed by atoms with van der Waals surface area (Å²) in [6.45, 7) is -0.197. The zero-order chi connectivity index (χ0) is 13.8. The zero-order valence-corrected chi connectivity index (χ0v) is 9.72. The average molecular weight is 259 g/mol. The molecular weight excluding hydrogens is 250 g/mol. The number of nitrogens with zero attached hydrogens (tertiary/aromatic N) is 3. The highest BCUT2D eigenvalue weighted by molar-refractivity contribution is 5.96. The smallest absolute Gasteiger partial charge is 0.269 e. The van der Waals surface area contributed by atoms with Crippen LogP contribution < -0.4 is 5.56 Å². The highest BCUT2D eigenvalue weighted by atomic mass is 16.6. The summed E-state index contributed by atoms with van der Waals surface area (Å²) >= 11 is 0. The minimum absolute atomic E-state index is 0.0912. The summed E-state index contributed by atoms with van der Waals surface area (Å²) < 4.78 is 1.03. The van der Waals surface area contributed by atoms with Gasteiger partial charge in [-0.25, -0.2) is 4.68 Å². The molecule has 0 unspecified atom stereocenters. The van der Waals surface area contributed by atoms with Gasteiger partial charge in [0.15, 0.2) is 5.78 Å². The van der Waals surface area contributed by atoms with Crippen molar-refractivity contribution in [3.05, 3.63) is 68.6 Å². The number of nitro groups is 1. The molecule has 0 aliphatic carbocycles. The molecule has 0 saturated heterocycles. The number of hydrogen-bond donors (Lipinski definition) is 0. The van der Waals surface area contributed by atoms with Crippen molar-refractivity contribution >= 4 is 11.5 Å². The third-order valence-electron chi connectivity index (χ3n) is 2.48. The molecule has 7 heteroatoms. The lowest BCUT2D eigenvalue weighted by molar-refractivity contribution is -0.384. The number of non-ortho nitro benzene ring substituents is 1. The van der Waals surface area contributed by atoms with Crippen molar-refractivity contribution in [3.63, 3.8) is 0 Å². The van der Waals surface area contributed by atoms with Crippen molar-refractivity contribution in [3.8, 4) is 0 Å². The third kappa shape index (κ3) is 2.89. The molecule has 96 valence electrons. The number of hydrogen-bond acceptors (Lipinski definition) is 5. The molecule has 0 N–H and O–H groups in total. The van der Waals surface area contributed by atoms with Gasteiger partial charge in [0.25, 0.3) is 11.2 Å². The van der Waals surface area contributed by atoms with Gasteiger partial charge < -0.3 is 0 Å². The Kier molecular flexibility index (Phi) is 3.46. The molecule has 0 saturated carbocycles. The van der Waals surface area contributed by atoms with Crippen LogP contribution in [0.2, 0.25) is 0 Å². The van der Waals surface area contributed by atoms with Crippen LogP contribution in [0.25, 0.3) is 0 Å². The van der Waals surface area contributed by atoms with Gasteiger partial charge in [-0.3, -0.25) is 19.7 Å². The van der Waals surface area contributed by atoms with Crippen LogP contribution in [0, 0.1) is 10.1 Å². The normalized spacial score (nSPS) is 10.1. The van der Waals surface area contributed by atoms with E-state index in [1.807, 2.05) is 0 Å². The molecule has 0 atom stereocenters. The minimum atomic E-state index is -0.544. The fraction of sp³-hybridized carbons (Fsp3) is 0.0833. The van der Waals surface area contributed by atoms with Gasteiger partial charge in [0.2, 0.25) is 0 Å². The first-order chi connectivity index (χ1) is 9.08. The van der Waals surface area contributed by atoms with Gasteiger partial charge in [-0.1, -0.05) is 0 Å². The number of aromatic nitrogens is 2. The molecule has 0 bridgehead atoms. The molecule has 0 aliphatic heterocycles. The van der Waals surface area contributed by atoms with Crippen LogP contribution in [0.3, 0.4) is 0 Å². The molecule has 19 heavy (non-hydrogen) atoms. The molecule has 0 fully saturated rings. The summed E-state index contributed by atoms with van der Waals surface area (Å²) in [5, 5.41) is 14.2. The monoisotopic (exact) mass is 259 g/mol. The van der Waals surface area contributed by atoms with Gasteiger partial charge in [-0.2, -0.15) is 5.10 Å². The predicted molar refractivity (Wildman–Crippen MR) is 65.9 cm³/mol. The first kappa shape index (κ1) is 12.6. The molecule has 1 aromatic carbocycles. The van der Waals surface area contributed by atoms with Gasteiger partial charge in [-0.15, -0.1) is 0 Å². The number of carbonyl (C=O) groups is 1. The Labute approximate surface area is 107 Å². The van der Waals surface area contributed by atoms with E-state index in [9.17, 15) is 19.7 Å². The minimum Gasteiger partial charge on any atom is -0.292 e. The SMILES string of the molecule is O=C(Cn1ncccc1=O)c1ccc([N+](=O)[O-])cc1. The van der Waals surface area contributed by atoms with Crippen molar-refractivity contribution in [1.82, 2.24) is 9.78 Å². The van der Waals surface area contributed by atoms with Gasteiger partial charge in [0.1, 0.15) is 6.54 Å². The number of nitro benzene ring substituents is 1. The summed E-state index contributed by atoms with van der Waals surface area (Å²) in [6.07, 6.45) is 1.41. The van der Waals surface area contributed by atoms with E-state index in [0.717, 1.165) is 4.68 Å². The van der Waals surface area contributed by atoms with E-state index < -0.39 is 4.92 Å². The molecule has 0 amide bonds. The molecule has 0 radical (unpaired) electrons. The summed E-state index contributed by atoms with van der Waals surface area (Å²) in [6, 6.07) is 7.98. The Hall–Kier alpha value is -2.83. The lowest BCUT2D eigenvalue weighted by atomic mass is 10.1. The summed E-state index contributed by atoms with van der Waals surface area (Å²) in [4.78, 5) is 33.2. The molecule has 0 aliphatic rings. The highest BCUT2D eigenvalue weighted by Gasteiger charge is 2.10. The quantitative estimate of drug-likeness (QED) is 0.464. The maximum atomic E-state index is 11.9. The Bertz CT molecular complexity index is 676. The molecule has 1 aromatic heterocycles. The first-order valence-corrected chi connectivity index (χ1v) is 5.38. The molecule has 1 heterocycles. The van der Waals surface area contributed by atoms with E-state index in [1.165, 1.54) is 42.6 Å². The summed E-state index contributed by atoms with van der Waals surface area (Å²) in [5.74, 6) is -0.337. The summed E-state index contributed by atoms with van der Waals surface area (Å²) in [7, 11) is 0. The first-order valence-electron chi connectivity index (χ1n) is 5.38. The van der Waals surface area contributed by atoms with Crippen molar-refractivity contribution in [2.75, 3.05) is 0 Å². The van der Waals surface area contributed by atoms with E-state index in [2.05, 4.69) is 5.10 Å². The third-order valence-corrected chi connectivity index (χ3v) is 2.48. The number of carbonyl (C=O) groups excluding carboxylic acids is 1. The van der Waals surface area contributed by atoms with Gasteiger partial charge in [-0.05, 0) is 18.2 Å². The van der Waals surface area contributed by atoms with Crippen LogP contribution in [0.4, 0.5) is 5.69 Å². The largest absolute Gasteiger partial charge is 0.292 e. The van der Waals surface area contributed by atoms with Crippen LogP contribution >= 0.6 is 0 Å². The number of rotatable bonds is 4. The van der Waals surface area contributed by atoms with Crippen molar-refractivity contribution < 1.29 is 9.72 Å². The van der Waals surface area contributed by atoms with Crippen LogP contribution in [0.1, 0.15) is 10.4 Å². The van der Waals surface area contributed by atoms with Gasteiger partial charge in [0.05, 0.1) is 4.92 Å². The van der Waals surface area contributed by atoms with Gasteiger partial charge in [0, 0.05) is 30.0 Å². The fourth-order valence-electron chi connectivity index (χ4n) is 1.50. The molecule has 7 nitrogen and oxygen atoms in total. The maximum absolute atomic E-state index is 11.9. The molecular formula is C12H9N3O4. The Balaban J connectivity index is 2.19. The van der Waals surface area contributed by atoms with Crippen LogP contribution in [0.15, 0.2) is 47.4 Å². The standard InChI is InChI=1S/C12H9N3O4/c16-11(8-14-12(17)2-1-7-13-14)9-3-5-10(6-4-9)15(18)19/h1-7H,8H2. The Morgan fingerprint density at radius 1 is 1.26 bits per heavy atom. The van der Waals surface area contributed by atoms with Crippen molar-refractivity contribution in [2.24, 2.45) is 0 Å². The van der Waals surface area contributed by atoms with E-state index in [-0.39, 0.29) is 23.6 Å². The van der Waals surface area contributed by atoms with Crippen molar-refractivity contribution in [2.45, 2.75) is 6.54 Å². The lowest BCUT2D eigenvalue weighted by Gasteiger charge is -2.02. The summed E-state index contributed by atoms with van der Waals surface area (Å²) in [5.41, 5.74) is -0.174. The number of ketones is 1. The molecule has 0 spiro atoms. The lowest BCUT2D eigenvalue weighted by Crippen LogP contribution is -2.25. The Morgan fingerprint density at radius 3 is 2.53 bits per heavy atom. The van der Waals surface area contributed by atoms with E-state index in [4.69, 9.17) is 0 Å².